The van der Waals surface area contributed by atoms with Gasteiger partial charge in [-0.3, -0.25) is 4.79 Å². The van der Waals surface area contributed by atoms with Gasteiger partial charge in [-0.25, -0.2) is 0 Å². The maximum absolute atomic E-state index is 12.4. The Labute approximate surface area is 127 Å². The Kier molecular flexibility index (Phi) is 7.25. The number of rotatable bonds is 8. The van der Waals surface area contributed by atoms with Gasteiger partial charge in [0.25, 0.3) is 0 Å². The van der Waals surface area contributed by atoms with E-state index in [0.29, 0.717) is 17.6 Å². The van der Waals surface area contributed by atoms with E-state index in [1.54, 1.807) is 0 Å². The maximum atomic E-state index is 12.4. The molecule has 0 saturated heterocycles. The van der Waals surface area contributed by atoms with Crippen molar-refractivity contribution in [2.24, 2.45) is 5.92 Å². The number of benzene rings is 1. The fourth-order valence-electron chi connectivity index (χ4n) is 2.34. The van der Waals surface area contributed by atoms with E-state index < -0.39 is 0 Å². The molecule has 0 bridgehead atoms. The third-order valence-electron chi connectivity index (χ3n) is 3.78. The zero-order chi connectivity index (χ0) is 15.1. The second-order valence-corrected chi connectivity index (χ2v) is 6.02. The van der Waals surface area contributed by atoms with E-state index in [4.69, 9.17) is 11.6 Å². The Morgan fingerprint density at radius 1 is 1.15 bits per heavy atom. The Bertz CT molecular complexity index is 410. The number of halogens is 1. The summed E-state index contributed by atoms with van der Waals surface area (Å²) in [5.41, 5.74) is 1.05. The van der Waals surface area contributed by atoms with Crippen LogP contribution in [-0.2, 0) is 4.79 Å². The number of hydrogen-bond donors (Lipinski definition) is 1. The van der Waals surface area contributed by atoms with Gasteiger partial charge in [-0.05, 0) is 30.5 Å². The topological polar surface area (TPSA) is 29.1 Å². The maximum Gasteiger partial charge on any atom is 0.144 e. The van der Waals surface area contributed by atoms with Crippen molar-refractivity contribution < 1.29 is 4.79 Å². The predicted molar refractivity (Wildman–Crippen MR) is 86.4 cm³/mol. The standard InChI is InChI=1S/C17H26ClNO/c1-5-15(6-2)19-11-16(17(20)12(3)4)13-7-9-14(18)10-8-13/h7-10,12,15-16,19H,5-6,11H2,1-4H3. The number of Topliss-reactive ketones (excluding diaryl/α,β-unsaturated/α-hetero) is 1. The van der Waals surface area contributed by atoms with Crippen LogP contribution in [0.2, 0.25) is 5.02 Å². The lowest BCUT2D eigenvalue weighted by Crippen LogP contribution is -2.35. The molecule has 20 heavy (non-hydrogen) atoms. The molecule has 0 aliphatic carbocycles. The van der Waals surface area contributed by atoms with Gasteiger partial charge in [0.15, 0.2) is 0 Å². The fraction of sp³-hybridized carbons (Fsp3) is 0.588. The SMILES string of the molecule is CCC(CC)NCC(C(=O)C(C)C)c1ccc(Cl)cc1. The summed E-state index contributed by atoms with van der Waals surface area (Å²) in [7, 11) is 0. The van der Waals surface area contributed by atoms with E-state index >= 15 is 0 Å². The summed E-state index contributed by atoms with van der Waals surface area (Å²) in [6.45, 7) is 8.96. The summed E-state index contributed by atoms with van der Waals surface area (Å²) in [5, 5.41) is 4.22. The van der Waals surface area contributed by atoms with E-state index in [2.05, 4.69) is 19.2 Å². The first-order valence-electron chi connectivity index (χ1n) is 7.52. The van der Waals surface area contributed by atoms with Gasteiger partial charge in [-0.1, -0.05) is 51.4 Å². The molecule has 1 aromatic rings. The Balaban J connectivity index is 2.85. The van der Waals surface area contributed by atoms with Crippen LogP contribution in [0.1, 0.15) is 52.0 Å². The second-order valence-electron chi connectivity index (χ2n) is 5.58. The lowest BCUT2D eigenvalue weighted by Gasteiger charge is -2.22. The average Bonchev–Trinajstić information content (AvgIpc) is 2.44. The van der Waals surface area contributed by atoms with Gasteiger partial charge in [0.05, 0.1) is 5.92 Å². The average molecular weight is 296 g/mol. The van der Waals surface area contributed by atoms with Crippen molar-refractivity contribution >= 4 is 17.4 Å². The highest BCUT2D eigenvalue weighted by Gasteiger charge is 2.23. The summed E-state index contributed by atoms with van der Waals surface area (Å²) in [6.07, 6.45) is 2.17. The largest absolute Gasteiger partial charge is 0.313 e. The van der Waals surface area contributed by atoms with Crippen LogP contribution in [0, 0.1) is 5.92 Å². The van der Waals surface area contributed by atoms with Crippen LogP contribution >= 0.6 is 11.6 Å². The molecule has 1 rings (SSSR count). The van der Waals surface area contributed by atoms with E-state index in [1.165, 1.54) is 0 Å². The van der Waals surface area contributed by atoms with Crippen LogP contribution in [0.3, 0.4) is 0 Å². The molecular formula is C17H26ClNO. The smallest absolute Gasteiger partial charge is 0.144 e. The van der Waals surface area contributed by atoms with Crippen molar-refractivity contribution in [2.45, 2.75) is 52.5 Å². The van der Waals surface area contributed by atoms with Crippen LogP contribution in [0.4, 0.5) is 0 Å². The normalized spacial score (nSPS) is 12.9. The highest BCUT2D eigenvalue weighted by atomic mass is 35.5. The summed E-state index contributed by atoms with van der Waals surface area (Å²) in [4.78, 5) is 12.4. The first-order chi connectivity index (χ1) is 9.49. The van der Waals surface area contributed by atoms with Crippen molar-refractivity contribution in [3.05, 3.63) is 34.9 Å². The predicted octanol–water partition coefficient (Wildman–Crippen LogP) is 4.43. The van der Waals surface area contributed by atoms with Crippen molar-refractivity contribution in [1.29, 1.82) is 0 Å². The number of ketones is 1. The molecule has 0 radical (unpaired) electrons. The molecule has 0 aliphatic rings. The zero-order valence-corrected chi connectivity index (χ0v) is 13.7. The second kappa shape index (κ2) is 8.43. The molecule has 0 aromatic heterocycles. The van der Waals surface area contributed by atoms with Gasteiger partial charge in [-0.15, -0.1) is 0 Å². The van der Waals surface area contributed by atoms with E-state index in [9.17, 15) is 4.79 Å². The minimum atomic E-state index is -0.0899. The third-order valence-corrected chi connectivity index (χ3v) is 4.03. The molecule has 1 N–H and O–H groups in total. The Morgan fingerprint density at radius 3 is 2.15 bits per heavy atom. The molecule has 0 fully saturated rings. The molecule has 3 heteroatoms. The molecule has 0 aliphatic heterocycles. The lowest BCUT2D eigenvalue weighted by atomic mass is 9.88. The van der Waals surface area contributed by atoms with Crippen LogP contribution in [0.25, 0.3) is 0 Å². The Morgan fingerprint density at radius 2 is 1.70 bits per heavy atom. The molecule has 1 aromatic carbocycles. The first-order valence-corrected chi connectivity index (χ1v) is 7.89. The van der Waals surface area contributed by atoms with Crippen LogP contribution in [-0.4, -0.2) is 18.4 Å². The van der Waals surface area contributed by atoms with Gasteiger partial charge in [-0.2, -0.15) is 0 Å². The molecule has 0 heterocycles. The van der Waals surface area contributed by atoms with Gasteiger partial charge < -0.3 is 5.32 Å². The molecule has 0 amide bonds. The zero-order valence-electron chi connectivity index (χ0n) is 12.9. The van der Waals surface area contributed by atoms with Crippen molar-refractivity contribution in [1.82, 2.24) is 5.32 Å². The Hall–Kier alpha value is -0.860. The van der Waals surface area contributed by atoms with Crippen molar-refractivity contribution in [3.63, 3.8) is 0 Å². The molecule has 1 unspecified atom stereocenters. The first kappa shape index (κ1) is 17.2. The van der Waals surface area contributed by atoms with Crippen LogP contribution in [0.15, 0.2) is 24.3 Å². The summed E-state index contributed by atoms with van der Waals surface area (Å²) >= 11 is 5.93. The van der Waals surface area contributed by atoms with Gasteiger partial charge in [0, 0.05) is 23.5 Å². The summed E-state index contributed by atoms with van der Waals surface area (Å²) in [6, 6.07) is 8.11. The molecule has 112 valence electrons. The summed E-state index contributed by atoms with van der Waals surface area (Å²) in [5.74, 6) is 0.234. The van der Waals surface area contributed by atoms with Crippen LogP contribution < -0.4 is 5.32 Å². The third kappa shape index (κ3) is 4.92. The van der Waals surface area contributed by atoms with Crippen LogP contribution in [0.5, 0.6) is 0 Å². The number of hydrogen-bond acceptors (Lipinski definition) is 2. The molecule has 0 saturated carbocycles. The van der Waals surface area contributed by atoms with Gasteiger partial charge >= 0.3 is 0 Å². The monoisotopic (exact) mass is 295 g/mol. The number of carbonyl (C=O) groups excluding carboxylic acids is 1. The van der Waals surface area contributed by atoms with Gasteiger partial charge in [0.1, 0.15) is 5.78 Å². The van der Waals surface area contributed by atoms with Crippen molar-refractivity contribution in [3.8, 4) is 0 Å². The lowest BCUT2D eigenvalue weighted by molar-refractivity contribution is -0.123. The fourth-order valence-corrected chi connectivity index (χ4v) is 2.47. The van der Waals surface area contributed by atoms with E-state index in [1.807, 2.05) is 38.1 Å². The number of nitrogens with one attached hydrogen (secondary N) is 1. The molecule has 0 spiro atoms. The van der Waals surface area contributed by atoms with E-state index in [-0.39, 0.29) is 17.6 Å². The molecule has 2 nitrogen and oxygen atoms in total. The minimum absolute atomic E-state index is 0.0409. The molecular weight excluding hydrogens is 270 g/mol. The highest BCUT2D eigenvalue weighted by Crippen LogP contribution is 2.22. The van der Waals surface area contributed by atoms with Gasteiger partial charge in [0.2, 0.25) is 0 Å². The summed E-state index contributed by atoms with van der Waals surface area (Å²) < 4.78 is 0. The minimum Gasteiger partial charge on any atom is -0.313 e. The quantitative estimate of drug-likeness (QED) is 0.769. The van der Waals surface area contributed by atoms with E-state index in [0.717, 1.165) is 18.4 Å². The highest BCUT2D eigenvalue weighted by molar-refractivity contribution is 6.30. The number of carbonyl (C=O) groups is 1. The van der Waals surface area contributed by atoms with Crippen molar-refractivity contribution in [2.75, 3.05) is 6.54 Å². The molecule has 1 atom stereocenters.